The van der Waals surface area contributed by atoms with E-state index in [0.717, 1.165) is 0 Å². The number of hydrogen-bond donors (Lipinski definition) is 1. The van der Waals surface area contributed by atoms with Crippen LogP contribution < -0.4 is 10.1 Å². The lowest BCUT2D eigenvalue weighted by Gasteiger charge is -2.09. The second-order valence-electron chi connectivity index (χ2n) is 5.06. The first-order valence-electron chi connectivity index (χ1n) is 7.61. The topological polar surface area (TPSA) is 69.0 Å². The Bertz CT molecular complexity index is 911. The number of anilines is 1. The normalized spacial score (nSPS) is 11.0. The Hall–Kier alpha value is -3.55. The molecule has 0 unspecified atom stereocenters. The molecule has 0 bridgehead atoms. The van der Waals surface area contributed by atoms with Crippen molar-refractivity contribution in [1.82, 2.24) is 14.8 Å². The third kappa shape index (κ3) is 4.29. The van der Waals surface area contributed by atoms with Crippen molar-refractivity contribution in [3.63, 3.8) is 0 Å². The fraction of sp³-hybridized carbons (Fsp3) is 0.0556. The molecular formula is C18H14F2N4O2. The van der Waals surface area contributed by atoms with Crippen LogP contribution in [0.3, 0.4) is 0 Å². The van der Waals surface area contributed by atoms with Crippen molar-refractivity contribution in [3.8, 4) is 11.6 Å². The number of rotatable bonds is 6. The average Bonchev–Trinajstić information content (AvgIpc) is 3.15. The van der Waals surface area contributed by atoms with E-state index in [1.54, 1.807) is 55.0 Å². The molecule has 132 valence electrons. The van der Waals surface area contributed by atoms with Gasteiger partial charge in [-0.15, -0.1) is 0 Å². The predicted octanol–water partition coefficient (Wildman–Crippen LogP) is 3.52. The number of carbonyl (C=O) groups excluding carboxylic acids is 1. The van der Waals surface area contributed by atoms with E-state index < -0.39 is 12.5 Å². The van der Waals surface area contributed by atoms with E-state index in [1.807, 2.05) is 0 Å². The van der Waals surface area contributed by atoms with Gasteiger partial charge in [0.2, 0.25) is 5.91 Å². The van der Waals surface area contributed by atoms with E-state index in [-0.39, 0.29) is 5.75 Å². The van der Waals surface area contributed by atoms with Crippen molar-refractivity contribution in [2.45, 2.75) is 6.61 Å². The molecule has 26 heavy (non-hydrogen) atoms. The van der Waals surface area contributed by atoms with Crippen LogP contribution >= 0.6 is 0 Å². The number of para-hydroxylation sites is 1. The molecule has 1 N–H and O–H groups in total. The van der Waals surface area contributed by atoms with Crippen molar-refractivity contribution >= 4 is 17.7 Å². The number of amides is 1. The van der Waals surface area contributed by atoms with E-state index in [2.05, 4.69) is 20.1 Å². The third-order valence-electron chi connectivity index (χ3n) is 3.32. The minimum absolute atomic E-state index is 0.00911. The number of benzene rings is 1. The summed E-state index contributed by atoms with van der Waals surface area (Å²) in [5.74, 6) is 0.00379. The largest absolute Gasteiger partial charge is 0.434 e. The third-order valence-corrected chi connectivity index (χ3v) is 3.32. The zero-order chi connectivity index (χ0) is 18.4. The van der Waals surface area contributed by atoms with E-state index in [1.165, 1.54) is 22.9 Å². The molecule has 6 nitrogen and oxygen atoms in total. The first-order valence-corrected chi connectivity index (χ1v) is 7.61. The predicted molar refractivity (Wildman–Crippen MR) is 92.1 cm³/mol. The molecule has 0 aliphatic heterocycles. The number of nitrogens with zero attached hydrogens (tertiary/aromatic N) is 3. The minimum atomic E-state index is -2.94. The van der Waals surface area contributed by atoms with Crippen molar-refractivity contribution in [1.29, 1.82) is 0 Å². The number of carbonyl (C=O) groups is 1. The maximum absolute atomic E-state index is 12.4. The number of ether oxygens (including phenoxy) is 1. The standard InChI is InChI=1S/C18H14F2N4O2/c19-18(20)26-15-7-2-1-5-13(15)8-9-16(25)23-14-6-3-10-21-17(14)24-12-4-11-22-24/h1-12,18H,(H,23,25)/b9-8+. The van der Waals surface area contributed by atoms with Crippen LogP contribution in [0.25, 0.3) is 11.9 Å². The molecule has 0 saturated heterocycles. The molecule has 2 aromatic heterocycles. The summed E-state index contributed by atoms with van der Waals surface area (Å²) in [7, 11) is 0. The number of alkyl halides is 2. The second kappa shape index (κ2) is 8.02. The van der Waals surface area contributed by atoms with Gasteiger partial charge in [-0.3, -0.25) is 4.79 Å². The molecule has 3 rings (SSSR count). The maximum atomic E-state index is 12.4. The van der Waals surface area contributed by atoms with Gasteiger partial charge < -0.3 is 10.1 Å². The van der Waals surface area contributed by atoms with Crippen LogP contribution in [0.1, 0.15) is 5.56 Å². The van der Waals surface area contributed by atoms with Gasteiger partial charge in [-0.1, -0.05) is 18.2 Å². The smallest absolute Gasteiger partial charge is 0.387 e. The van der Waals surface area contributed by atoms with E-state index >= 15 is 0 Å². The lowest BCUT2D eigenvalue weighted by atomic mass is 10.2. The van der Waals surface area contributed by atoms with Gasteiger partial charge in [0.15, 0.2) is 5.82 Å². The summed E-state index contributed by atoms with van der Waals surface area (Å²) in [6, 6.07) is 11.3. The van der Waals surface area contributed by atoms with Crippen LogP contribution in [0, 0.1) is 0 Å². The van der Waals surface area contributed by atoms with Crippen LogP contribution in [-0.2, 0) is 4.79 Å². The second-order valence-corrected chi connectivity index (χ2v) is 5.06. The fourth-order valence-corrected chi connectivity index (χ4v) is 2.23. The summed E-state index contributed by atoms with van der Waals surface area (Å²) in [5.41, 5.74) is 0.824. The number of aromatic nitrogens is 3. The van der Waals surface area contributed by atoms with Crippen LogP contribution in [0.4, 0.5) is 14.5 Å². The Kier molecular flexibility index (Phi) is 5.33. The maximum Gasteiger partial charge on any atom is 0.387 e. The molecule has 1 amide bonds. The molecule has 2 heterocycles. The molecule has 0 fully saturated rings. The van der Waals surface area contributed by atoms with E-state index in [9.17, 15) is 13.6 Å². The molecule has 0 spiro atoms. The zero-order valence-corrected chi connectivity index (χ0v) is 13.4. The summed E-state index contributed by atoms with van der Waals surface area (Å²) in [6.45, 7) is -2.94. The Balaban J connectivity index is 1.76. The van der Waals surface area contributed by atoms with Crippen LogP contribution in [0.15, 0.2) is 67.1 Å². The van der Waals surface area contributed by atoms with Crippen LogP contribution in [0.2, 0.25) is 0 Å². The highest BCUT2D eigenvalue weighted by molar-refractivity contribution is 6.03. The summed E-state index contributed by atoms with van der Waals surface area (Å²) in [4.78, 5) is 16.4. The van der Waals surface area contributed by atoms with Gasteiger partial charge in [0.05, 0.1) is 5.69 Å². The molecular weight excluding hydrogens is 342 g/mol. The Labute approximate surface area is 147 Å². The quantitative estimate of drug-likeness (QED) is 0.686. The first kappa shape index (κ1) is 17.3. The van der Waals surface area contributed by atoms with Crippen LogP contribution in [0.5, 0.6) is 5.75 Å². The van der Waals surface area contributed by atoms with Crippen molar-refractivity contribution in [2.24, 2.45) is 0 Å². The molecule has 0 atom stereocenters. The van der Waals surface area contributed by atoms with Crippen LogP contribution in [-0.4, -0.2) is 27.3 Å². The fourth-order valence-electron chi connectivity index (χ4n) is 2.23. The van der Waals surface area contributed by atoms with Crippen molar-refractivity contribution < 1.29 is 18.3 Å². The first-order chi connectivity index (χ1) is 12.6. The minimum Gasteiger partial charge on any atom is -0.434 e. The number of pyridine rings is 1. The summed E-state index contributed by atoms with van der Waals surface area (Å²) >= 11 is 0. The molecule has 8 heteroatoms. The van der Waals surface area contributed by atoms with E-state index in [0.29, 0.717) is 17.1 Å². The van der Waals surface area contributed by atoms with Crippen molar-refractivity contribution in [2.75, 3.05) is 5.32 Å². The number of halogens is 2. The van der Waals surface area contributed by atoms with Gasteiger partial charge in [0.1, 0.15) is 5.75 Å². The lowest BCUT2D eigenvalue weighted by Crippen LogP contribution is -2.12. The van der Waals surface area contributed by atoms with E-state index in [4.69, 9.17) is 0 Å². The Morgan fingerprint density at radius 2 is 2.00 bits per heavy atom. The highest BCUT2D eigenvalue weighted by Crippen LogP contribution is 2.22. The summed E-state index contributed by atoms with van der Waals surface area (Å²) < 4.78 is 30.8. The monoisotopic (exact) mass is 356 g/mol. The Morgan fingerprint density at radius 1 is 1.15 bits per heavy atom. The Morgan fingerprint density at radius 3 is 2.77 bits per heavy atom. The molecule has 0 aliphatic carbocycles. The van der Waals surface area contributed by atoms with Gasteiger partial charge in [0, 0.05) is 30.2 Å². The van der Waals surface area contributed by atoms with Gasteiger partial charge >= 0.3 is 6.61 Å². The SMILES string of the molecule is O=C(/C=C/c1ccccc1OC(F)F)Nc1cccnc1-n1cccn1. The lowest BCUT2D eigenvalue weighted by molar-refractivity contribution is -0.111. The molecule has 1 aromatic carbocycles. The highest BCUT2D eigenvalue weighted by Gasteiger charge is 2.09. The highest BCUT2D eigenvalue weighted by atomic mass is 19.3. The summed E-state index contributed by atoms with van der Waals surface area (Å²) in [6.07, 6.45) is 7.51. The average molecular weight is 356 g/mol. The zero-order valence-electron chi connectivity index (χ0n) is 13.4. The summed E-state index contributed by atoms with van der Waals surface area (Å²) in [5, 5.41) is 6.78. The van der Waals surface area contributed by atoms with Gasteiger partial charge in [-0.25, -0.2) is 9.67 Å². The number of hydrogen-bond acceptors (Lipinski definition) is 4. The molecule has 0 radical (unpaired) electrons. The number of nitrogens with one attached hydrogen (secondary N) is 1. The van der Waals surface area contributed by atoms with Gasteiger partial charge in [-0.2, -0.15) is 13.9 Å². The molecule has 0 saturated carbocycles. The van der Waals surface area contributed by atoms with Gasteiger partial charge in [0.25, 0.3) is 0 Å². The molecule has 3 aromatic rings. The van der Waals surface area contributed by atoms with Crippen molar-refractivity contribution in [3.05, 3.63) is 72.7 Å². The van der Waals surface area contributed by atoms with Gasteiger partial charge in [-0.05, 0) is 30.3 Å². The molecule has 0 aliphatic rings.